The van der Waals surface area contributed by atoms with Crippen molar-refractivity contribution in [1.29, 1.82) is 0 Å². The van der Waals surface area contributed by atoms with Crippen LogP contribution in [0.4, 0.5) is 5.82 Å². The van der Waals surface area contributed by atoms with Crippen LogP contribution in [0.2, 0.25) is 5.02 Å². The fourth-order valence-corrected chi connectivity index (χ4v) is 2.60. The van der Waals surface area contributed by atoms with E-state index in [1.54, 1.807) is 6.20 Å². The number of nitrogens with zero attached hydrogens (tertiary/aromatic N) is 1. The highest BCUT2D eigenvalue weighted by Crippen LogP contribution is 2.28. The number of hydrogen-bond donors (Lipinski definition) is 1. The Morgan fingerprint density at radius 1 is 1.38 bits per heavy atom. The van der Waals surface area contributed by atoms with Gasteiger partial charge in [0.15, 0.2) is 0 Å². The predicted molar refractivity (Wildman–Crippen MR) is 68.9 cm³/mol. The minimum atomic E-state index is 0.711. The molecule has 0 aliphatic heterocycles. The van der Waals surface area contributed by atoms with E-state index in [0.29, 0.717) is 5.02 Å². The first-order valence-corrected chi connectivity index (χ1v) is 6.58. The minimum absolute atomic E-state index is 0.711. The lowest BCUT2D eigenvalue weighted by Gasteiger charge is -2.10. The van der Waals surface area contributed by atoms with Gasteiger partial charge in [-0.1, -0.05) is 37.3 Å². The van der Waals surface area contributed by atoms with Gasteiger partial charge in [0.1, 0.15) is 5.82 Å². The molecule has 0 unspecified atom stereocenters. The van der Waals surface area contributed by atoms with E-state index in [4.69, 9.17) is 11.6 Å². The Bertz CT molecular complexity index is 321. The molecule has 0 radical (unpaired) electrons. The number of pyridine rings is 1. The Kier molecular flexibility index (Phi) is 4.46. The van der Waals surface area contributed by atoms with E-state index in [-0.39, 0.29) is 0 Å². The van der Waals surface area contributed by atoms with Crippen molar-refractivity contribution in [3.8, 4) is 0 Å². The summed E-state index contributed by atoms with van der Waals surface area (Å²) in [4.78, 5) is 4.20. The van der Waals surface area contributed by atoms with Gasteiger partial charge in [0, 0.05) is 12.7 Å². The van der Waals surface area contributed by atoms with Crippen molar-refractivity contribution in [3.05, 3.63) is 23.4 Å². The molecule has 2 rings (SSSR count). The molecule has 1 saturated carbocycles. The van der Waals surface area contributed by atoms with Gasteiger partial charge in [0.2, 0.25) is 0 Å². The molecule has 0 spiro atoms. The van der Waals surface area contributed by atoms with Crippen LogP contribution in [0.1, 0.15) is 38.5 Å². The summed E-state index contributed by atoms with van der Waals surface area (Å²) in [5.74, 6) is 1.79. The van der Waals surface area contributed by atoms with Crippen molar-refractivity contribution in [3.63, 3.8) is 0 Å². The number of nitrogens with one attached hydrogen (secondary N) is 1. The van der Waals surface area contributed by atoms with E-state index in [1.165, 1.54) is 38.5 Å². The Hall–Kier alpha value is -0.760. The predicted octanol–water partition coefficient (Wildman–Crippen LogP) is 4.12. The molecule has 0 bridgehead atoms. The van der Waals surface area contributed by atoms with Crippen molar-refractivity contribution in [2.45, 2.75) is 38.5 Å². The summed E-state index contributed by atoms with van der Waals surface area (Å²) in [6.45, 7) is 0.979. The second kappa shape index (κ2) is 6.09. The second-order valence-electron chi connectivity index (χ2n) is 4.55. The Morgan fingerprint density at radius 2 is 2.19 bits per heavy atom. The fraction of sp³-hybridized carbons (Fsp3) is 0.615. The largest absolute Gasteiger partial charge is 0.369 e. The molecule has 1 aliphatic carbocycles. The smallest absolute Gasteiger partial charge is 0.144 e. The van der Waals surface area contributed by atoms with Crippen LogP contribution in [0.5, 0.6) is 0 Å². The third-order valence-electron chi connectivity index (χ3n) is 3.31. The first kappa shape index (κ1) is 11.7. The van der Waals surface area contributed by atoms with Crippen molar-refractivity contribution >= 4 is 17.4 Å². The number of anilines is 1. The molecule has 0 atom stereocenters. The van der Waals surface area contributed by atoms with E-state index >= 15 is 0 Å². The highest BCUT2D eigenvalue weighted by Gasteiger charge is 2.13. The zero-order chi connectivity index (χ0) is 11.2. The van der Waals surface area contributed by atoms with Gasteiger partial charge in [-0.25, -0.2) is 4.98 Å². The number of hydrogen-bond acceptors (Lipinski definition) is 2. The molecule has 88 valence electrons. The SMILES string of the molecule is Clc1cccnc1NCCCC1CCCC1. The number of rotatable bonds is 5. The maximum Gasteiger partial charge on any atom is 0.144 e. The van der Waals surface area contributed by atoms with Crippen LogP contribution in [0.15, 0.2) is 18.3 Å². The normalized spacial score (nSPS) is 16.6. The van der Waals surface area contributed by atoms with Crippen LogP contribution < -0.4 is 5.32 Å². The number of halogens is 1. The molecule has 16 heavy (non-hydrogen) atoms. The summed E-state index contributed by atoms with van der Waals surface area (Å²) < 4.78 is 0. The third kappa shape index (κ3) is 3.38. The van der Waals surface area contributed by atoms with Crippen LogP contribution in [0.25, 0.3) is 0 Å². The first-order valence-electron chi connectivity index (χ1n) is 6.20. The van der Waals surface area contributed by atoms with Crippen LogP contribution >= 0.6 is 11.6 Å². The van der Waals surface area contributed by atoms with Gasteiger partial charge in [-0.15, -0.1) is 0 Å². The molecule has 1 N–H and O–H groups in total. The topological polar surface area (TPSA) is 24.9 Å². The summed E-state index contributed by atoms with van der Waals surface area (Å²) in [6, 6.07) is 3.72. The first-order chi connectivity index (χ1) is 7.86. The minimum Gasteiger partial charge on any atom is -0.369 e. The summed E-state index contributed by atoms with van der Waals surface area (Å²) in [5.41, 5.74) is 0. The van der Waals surface area contributed by atoms with Crippen LogP contribution in [0.3, 0.4) is 0 Å². The molecular formula is C13H19ClN2. The molecule has 1 heterocycles. The summed E-state index contributed by atoms with van der Waals surface area (Å²) in [5, 5.41) is 4.01. The quantitative estimate of drug-likeness (QED) is 0.781. The highest BCUT2D eigenvalue weighted by molar-refractivity contribution is 6.32. The van der Waals surface area contributed by atoms with Crippen molar-refractivity contribution in [2.24, 2.45) is 5.92 Å². The van der Waals surface area contributed by atoms with Crippen molar-refractivity contribution in [2.75, 3.05) is 11.9 Å². The highest BCUT2D eigenvalue weighted by atomic mass is 35.5. The summed E-state index contributed by atoms with van der Waals surface area (Å²) >= 11 is 6.01. The van der Waals surface area contributed by atoms with Crippen molar-refractivity contribution < 1.29 is 0 Å². The molecule has 0 amide bonds. The van der Waals surface area contributed by atoms with Crippen LogP contribution in [-0.4, -0.2) is 11.5 Å². The van der Waals surface area contributed by atoms with Crippen molar-refractivity contribution in [1.82, 2.24) is 4.98 Å². The van der Waals surface area contributed by atoms with Crippen LogP contribution in [-0.2, 0) is 0 Å². The van der Waals surface area contributed by atoms with E-state index in [1.807, 2.05) is 12.1 Å². The molecule has 0 aromatic carbocycles. The molecule has 1 aliphatic rings. The Balaban J connectivity index is 1.66. The molecule has 1 aromatic heterocycles. The maximum atomic E-state index is 6.01. The summed E-state index contributed by atoms with van der Waals surface area (Å²) in [7, 11) is 0. The lowest BCUT2D eigenvalue weighted by atomic mass is 10.0. The zero-order valence-electron chi connectivity index (χ0n) is 9.58. The van der Waals surface area contributed by atoms with E-state index < -0.39 is 0 Å². The zero-order valence-corrected chi connectivity index (χ0v) is 10.3. The second-order valence-corrected chi connectivity index (χ2v) is 4.96. The maximum absolute atomic E-state index is 6.01. The van der Waals surface area contributed by atoms with Gasteiger partial charge in [-0.05, 0) is 30.9 Å². The molecule has 3 heteroatoms. The molecule has 2 nitrogen and oxygen atoms in total. The monoisotopic (exact) mass is 238 g/mol. The fourth-order valence-electron chi connectivity index (χ4n) is 2.41. The van der Waals surface area contributed by atoms with E-state index in [2.05, 4.69) is 10.3 Å². The third-order valence-corrected chi connectivity index (χ3v) is 3.62. The lowest BCUT2D eigenvalue weighted by Crippen LogP contribution is -2.05. The van der Waals surface area contributed by atoms with Gasteiger partial charge >= 0.3 is 0 Å². The van der Waals surface area contributed by atoms with Gasteiger partial charge in [-0.3, -0.25) is 0 Å². The molecule has 1 aromatic rings. The molecule has 1 fully saturated rings. The van der Waals surface area contributed by atoms with Crippen LogP contribution in [0, 0.1) is 5.92 Å². The standard InChI is InChI=1S/C13H19ClN2/c14-12-8-4-10-16-13(12)15-9-3-7-11-5-1-2-6-11/h4,8,10-11H,1-3,5-7,9H2,(H,15,16). The Morgan fingerprint density at radius 3 is 2.94 bits per heavy atom. The Labute approximate surface area is 102 Å². The molecular weight excluding hydrogens is 220 g/mol. The van der Waals surface area contributed by atoms with E-state index in [0.717, 1.165) is 18.3 Å². The number of aromatic nitrogens is 1. The van der Waals surface area contributed by atoms with Gasteiger partial charge in [0.25, 0.3) is 0 Å². The van der Waals surface area contributed by atoms with Gasteiger partial charge in [-0.2, -0.15) is 0 Å². The lowest BCUT2D eigenvalue weighted by molar-refractivity contribution is 0.491. The van der Waals surface area contributed by atoms with E-state index in [9.17, 15) is 0 Å². The summed E-state index contributed by atoms with van der Waals surface area (Å²) in [6.07, 6.45) is 10.1. The van der Waals surface area contributed by atoms with Gasteiger partial charge in [0.05, 0.1) is 5.02 Å². The average molecular weight is 239 g/mol. The average Bonchev–Trinajstić information content (AvgIpc) is 2.79. The van der Waals surface area contributed by atoms with Gasteiger partial charge < -0.3 is 5.32 Å². The molecule has 0 saturated heterocycles.